The molecule has 1 aromatic carbocycles. The molecule has 2 heterocycles. The third kappa shape index (κ3) is 3.45. The van der Waals surface area contributed by atoms with E-state index in [9.17, 15) is 4.79 Å². The van der Waals surface area contributed by atoms with E-state index in [2.05, 4.69) is 14.8 Å². The predicted octanol–water partition coefficient (Wildman–Crippen LogP) is 2.88. The van der Waals surface area contributed by atoms with Gasteiger partial charge in [0.05, 0.1) is 13.5 Å². The van der Waals surface area contributed by atoms with Crippen molar-refractivity contribution in [3.8, 4) is 5.75 Å². The van der Waals surface area contributed by atoms with Crippen molar-refractivity contribution < 1.29 is 9.53 Å². The van der Waals surface area contributed by atoms with Gasteiger partial charge in [-0.05, 0) is 38.7 Å². The number of hydrogen-bond acceptors (Lipinski definition) is 4. The van der Waals surface area contributed by atoms with Gasteiger partial charge in [-0.15, -0.1) is 10.2 Å². The number of hydrogen-bond donors (Lipinski definition) is 0. The van der Waals surface area contributed by atoms with Crippen LogP contribution < -0.4 is 4.74 Å². The van der Waals surface area contributed by atoms with Gasteiger partial charge >= 0.3 is 0 Å². The van der Waals surface area contributed by atoms with Gasteiger partial charge in [0.25, 0.3) is 0 Å². The molecule has 0 unspecified atom stereocenters. The molecule has 1 aliphatic heterocycles. The lowest BCUT2D eigenvalue weighted by Gasteiger charge is -2.32. The molecule has 1 amide bonds. The first kappa shape index (κ1) is 17.1. The van der Waals surface area contributed by atoms with Crippen LogP contribution in [0, 0.1) is 6.92 Å². The summed E-state index contributed by atoms with van der Waals surface area (Å²) in [6.07, 6.45) is 6.66. The highest BCUT2D eigenvalue weighted by Gasteiger charge is 2.31. The SMILES string of the molecule is COc1ccc(C)cc1CC(=O)N1CCC(c2nncn2C2CC2)CC1. The van der Waals surface area contributed by atoms with Crippen molar-refractivity contribution >= 4 is 5.91 Å². The molecule has 2 fully saturated rings. The number of ether oxygens (including phenoxy) is 1. The zero-order chi connectivity index (χ0) is 18.1. The van der Waals surface area contributed by atoms with Crippen molar-refractivity contribution in [1.82, 2.24) is 19.7 Å². The molecule has 0 N–H and O–H groups in total. The third-order valence-electron chi connectivity index (χ3n) is 5.53. The number of carbonyl (C=O) groups is 1. The molecule has 0 spiro atoms. The zero-order valence-corrected chi connectivity index (χ0v) is 15.5. The summed E-state index contributed by atoms with van der Waals surface area (Å²) >= 11 is 0. The molecule has 1 aliphatic carbocycles. The van der Waals surface area contributed by atoms with E-state index in [-0.39, 0.29) is 5.91 Å². The highest BCUT2D eigenvalue weighted by molar-refractivity contribution is 5.79. The molecule has 2 aliphatic rings. The van der Waals surface area contributed by atoms with Crippen LogP contribution in [0.25, 0.3) is 0 Å². The fraction of sp³-hybridized carbons (Fsp3) is 0.550. The molecule has 138 valence electrons. The van der Waals surface area contributed by atoms with E-state index in [1.807, 2.05) is 36.4 Å². The van der Waals surface area contributed by atoms with Crippen LogP contribution in [-0.4, -0.2) is 45.8 Å². The summed E-state index contributed by atoms with van der Waals surface area (Å²) in [4.78, 5) is 14.7. The van der Waals surface area contributed by atoms with Gasteiger partial charge in [0, 0.05) is 30.6 Å². The van der Waals surface area contributed by atoms with E-state index in [4.69, 9.17) is 4.74 Å². The summed E-state index contributed by atoms with van der Waals surface area (Å²) in [7, 11) is 1.65. The van der Waals surface area contributed by atoms with Crippen LogP contribution in [0.5, 0.6) is 5.75 Å². The number of aryl methyl sites for hydroxylation is 1. The lowest BCUT2D eigenvalue weighted by molar-refractivity contribution is -0.131. The first-order chi connectivity index (χ1) is 12.7. The first-order valence-corrected chi connectivity index (χ1v) is 9.46. The number of rotatable bonds is 5. The quantitative estimate of drug-likeness (QED) is 0.828. The molecule has 0 bridgehead atoms. The molecular formula is C20H26N4O2. The monoisotopic (exact) mass is 354 g/mol. The fourth-order valence-corrected chi connectivity index (χ4v) is 3.89. The van der Waals surface area contributed by atoms with Crippen molar-refractivity contribution in [3.63, 3.8) is 0 Å². The Morgan fingerprint density at radius 2 is 2.00 bits per heavy atom. The Balaban J connectivity index is 1.38. The average Bonchev–Trinajstić information content (AvgIpc) is 3.38. The minimum absolute atomic E-state index is 0.177. The van der Waals surface area contributed by atoms with Gasteiger partial charge in [-0.3, -0.25) is 4.79 Å². The van der Waals surface area contributed by atoms with Gasteiger partial charge in [-0.25, -0.2) is 0 Å². The molecule has 0 atom stereocenters. The Labute approximate surface area is 154 Å². The second-order valence-corrected chi connectivity index (χ2v) is 7.47. The molecule has 2 aromatic rings. The van der Waals surface area contributed by atoms with Crippen LogP contribution in [0.15, 0.2) is 24.5 Å². The number of amides is 1. The van der Waals surface area contributed by atoms with E-state index in [1.165, 1.54) is 12.8 Å². The Morgan fingerprint density at radius 3 is 2.69 bits per heavy atom. The maximum atomic E-state index is 12.8. The number of benzene rings is 1. The summed E-state index contributed by atoms with van der Waals surface area (Å²) in [6.45, 7) is 3.61. The highest BCUT2D eigenvalue weighted by Crippen LogP contribution is 2.38. The lowest BCUT2D eigenvalue weighted by Crippen LogP contribution is -2.39. The smallest absolute Gasteiger partial charge is 0.227 e. The molecule has 0 radical (unpaired) electrons. The van der Waals surface area contributed by atoms with Gasteiger partial charge in [-0.2, -0.15) is 0 Å². The molecule has 6 heteroatoms. The van der Waals surface area contributed by atoms with E-state index < -0.39 is 0 Å². The van der Waals surface area contributed by atoms with Crippen LogP contribution in [0.3, 0.4) is 0 Å². The van der Waals surface area contributed by atoms with Crippen LogP contribution >= 0.6 is 0 Å². The Bertz CT molecular complexity index is 789. The number of methoxy groups -OCH3 is 1. The molecule has 1 saturated heterocycles. The minimum Gasteiger partial charge on any atom is -0.496 e. The van der Waals surface area contributed by atoms with Crippen LogP contribution in [0.1, 0.15) is 54.6 Å². The molecule has 6 nitrogen and oxygen atoms in total. The molecule has 26 heavy (non-hydrogen) atoms. The van der Waals surface area contributed by atoms with Crippen molar-refractivity contribution in [2.75, 3.05) is 20.2 Å². The standard InChI is InChI=1S/C20H26N4O2/c1-14-3-6-18(26-2)16(11-14)12-19(25)23-9-7-15(8-10-23)20-22-21-13-24(20)17-4-5-17/h3,6,11,13,15,17H,4-5,7-10,12H2,1-2H3. The Morgan fingerprint density at radius 1 is 1.23 bits per heavy atom. The second kappa shape index (κ2) is 7.09. The molecule has 4 rings (SSSR count). The van der Waals surface area contributed by atoms with Crippen molar-refractivity contribution in [2.45, 2.75) is 51.0 Å². The molecule has 1 saturated carbocycles. The van der Waals surface area contributed by atoms with E-state index >= 15 is 0 Å². The maximum absolute atomic E-state index is 12.8. The summed E-state index contributed by atoms with van der Waals surface area (Å²) in [5, 5.41) is 8.48. The van der Waals surface area contributed by atoms with E-state index in [0.29, 0.717) is 18.4 Å². The number of likely N-dealkylation sites (tertiary alicyclic amines) is 1. The topological polar surface area (TPSA) is 60.2 Å². The summed E-state index contributed by atoms with van der Waals surface area (Å²) in [6, 6.07) is 6.60. The largest absolute Gasteiger partial charge is 0.496 e. The Kier molecular flexibility index (Phi) is 4.66. The lowest BCUT2D eigenvalue weighted by atomic mass is 9.95. The highest BCUT2D eigenvalue weighted by atomic mass is 16.5. The number of piperidine rings is 1. The van der Waals surface area contributed by atoms with Crippen LogP contribution in [-0.2, 0) is 11.2 Å². The van der Waals surface area contributed by atoms with E-state index in [0.717, 1.165) is 48.6 Å². The Hall–Kier alpha value is -2.37. The van der Waals surface area contributed by atoms with Crippen LogP contribution in [0.4, 0.5) is 0 Å². The summed E-state index contributed by atoms with van der Waals surface area (Å²) in [5.74, 6) is 2.49. The molecular weight excluding hydrogens is 328 g/mol. The van der Waals surface area contributed by atoms with Crippen molar-refractivity contribution in [1.29, 1.82) is 0 Å². The number of carbonyl (C=O) groups excluding carboxylic acids is 1. The third-order valence-corrected chi connectivity index (χ3v) is 5.53. The fourth-order valence-electron chi connectivity index (χ4n) is 3.89. The maximum Gasteiger partial charge on any atom is 0.227 e. The number of nitrogens with zero attached hydrogens (tertiary/aromatic N) is 4. The summed E-state index contributed by atoms with van der Waals surface area (Å²) in [5.41, 5.74) is 2.11. The minimum atomic E-state index is 0.177. The van der Waals surface area contributed by atoms with Gasteiger partial charge in [-0.1, -0.05) is 17.7 Å². The molecule has 1 aromatic heterocycles. The second-order valence-electron chi connectivity index (χ2n) is 7.47. The van der Waals surface area contributed by atoms with Gasteiger partial charge in [0.1, 0.15) is 17.9 Å². The normalized spacial score (nSPS) is 18.2. The van der Waals surface area contributed by atoms with Crippen molar-refractivity contribution in [3.05, 3.63) is 41.5 Å². The van der Waals surface area contributed by atoms with Gasteiger partial charge in [0.2, 0.25) is 5.91 Å². The van der Waals surface area contributed by atoms with E-state index in [1.54, 1.807) is 7.11 Å². The summed E-state index contributed by atoms with van der Waals surface area (Å²) < 4.78 is 7.66. The van der Waals surface area contributed by atoms with Gasteiger partial charge in [0.15, 0.2) is 0 Å². The zero-order valence-electron chi connectivity index (χ0n) is 15.5. The first-order valence-electron chi connectivity index (χ1n) is 9.46. The van der Waals surface area contributed by atoms with Crippen molar-refractivity contribution in [2.24, 2.45) is 0 Å². The van der Waals surface area contributed by atoms with Crippen LogP contribution in [0.2, 0.25) is 0 Å². The predicted molar refractivity (Wildman–Crippen MR) is 98.3 cm³/mol. The van der Waals surface area contributed by atoms with Gasteiger partial charge < -0.3 is 14.2 Å². The average molecular weight is 354 g/mol. The number of aromatic nitrogens is 3.